The second-order valence-electron chi connectivity index (χ2n) is 16.9. The number of imide groups is 2. The number of nitrogens with one attached hydrogen (secondary N) is 3. The van der Waals surface area contributed by atoms with Crippen LogP contribution in [0.3, 0.4) is 0 Å². The molecule has 1 atom stereocenters. The van der Waals surface area contributed by atoms with Gasteiger partial charge in [-0.2, -0.15) is 0 Å². The number of anilines is 3. The van der Waals surface area contributed by atoms with Crippen molar-refractivity contribution in [1.29, 1.82) is 0 Å². The summed E-state index contributed by atoms with van der Waals surface area (Å²) in [6.07, 6.45) is 3.19. The summed E-state index contributed by atoms with van der Waals surface area (Å²) in [5, 5.41) is 8.34. The third-order valence-electron chi connectivity index (χ3n) is 11.9. The number of rotatable bonds is 20. The molecule has 21 heteroatoms. The number of halogens is 2. The normalized spacial score (nSPS) is 16.5. The van der Waals surface area contributed by atoms with Gasteiger partial charge in [-0.15, -0.1) is 0 Å². The van der Waals surface area contributed by atoms with Crippen LogP contribution in [0.5, 0.6) is 0 Å². The summed E-state index contributed by atoms with van der Waals surface area (Å²) in [5.41, 5.74) is 2.82. The van der Waals surface area contributed by atoms with E-state index in [2.05, 4.69) is 40.8 Å². The van der Waals surface area contributed by atoms with Crippen molar-refractivity contribution in [3.8, 4) is 11.3 Å². The summed E-state index contributed by atoms with van der Waals surface area (Å²) in [4.78, 5) is 85.4. The maximum absolute atomic E-state index is 15.1. The highest BCUT2D eigenvalue weighted by molar-refractivity contribution is 6.25. The van der Waals surface area contributed by atoms with E-state index in [0.29, 0.717) is 95.1 Å². The molecule has 2 aromatic carbocycles. The number of carbonyl (C=O) groups is 5. The topological polar surface area (TPSA) is 215 Å². The first-order valence-corrected chi connectivity index (χ1v) is 22.6. The standard InChI is InChI=1S/C47H53F2N11O8/c1-28(2)59-29(3)53-43-33(48)23-31(24-37(43)59)42-34(49)26-52-47(56-42)54-38-9-7-30(25-51-38)27-57-13-15-58(16-14-57)40(62)11-17-66-19-21-68-22-20-67-18-12-50-35-6-4-5-32-41(35)46(65)60(45(32)64)36-8-10-39(61)55-44(36)63/h4-7,9,23-26,28,36,50H,8,10-22,27H2,1-3H3,(H,55,61,63)(H,51,52,54,56). The molecule has 5 amide bonds. The Kier molecular flexibility index (Phi) is 15.0. The van der Waals surface area contributed by atoms with E-state index in [0.717, 1.165) is 16.7 Å². The number of hydrogen-bond acceptors (Lipinski definition) is 15. The van der Waals surface area contributed by atoms with Crippen molar-refractivity contribution in [3.63, 3.8) is 0 Å². The van der Waals surface area contributed by atoms with Crippen molar-refractivity contribution in [1.82, 2.24) is 44.5 Å². The molecule has 3 N–H and O–H groups in total. The maximum atomic E-state index is 15.1. The predicted octanol–water partition coefficient (Wildman–Crippen LogP) is 4.40. The Labute approximate surface area is 390 Å². The van der Waals surface area contributed by atoms with Crippen LogP contribution in [-0.4, -0.2) is 147 Å². The minimum Gasteiger partial charge on any atom is -0.382 e. The number of fused-ring (bicyclic) bond motifs is 2. The minimum absolute atomic E-state index is 0.0225. The molecule has 6 heterocycles. The summed E-state index contributed by atoms with van der Waals surface area (Å²) in [6, 6.07) is 10.5. The number of piperidine rings is 1. The highest BCUT2D eigenvalue weighted by Gasteiger charge is 2.45. The zero-order chi connectivity index (χ0) is 47.9. The number of amides is 5. The van der Waals surface area contributed by atoms with Crippen LogP contribution >= 0.6 is 0 Å². The maximum Gasteiger partial charge on any atom is 0.264 e. The van der Waals surface area contributed by atoms with E-state index in [4.69, 9.17) is 14.2 Å². The molecule has 3 aliphatic heterocycles. The van der Waals surface area contributed by atoms with Gasteiger partial charge in [0.05, 0.1) is 68.9 Å². The first kappa shape index (κ1) is 47.7. The number of aryl methyl sites for hydroxylation is 1. The van der Waals surface area contributed by atoms with E-state index in [9.17, 15) is 24.0 Å². The van der Waals surface area contributed by atoms with Crippen molar-refractivity contribution >= 4 is 58.0 Å². The van der Waals surface area contributed by atoms with E-state index in [-0.39, 0.29) is 71.7 Å². The largest absolute Gasteiger partial charge is 0.382 e. The minimum atomic E-state index is -1.03. The Hall–Kier alpha value is -6.81. The first-order chi connectivity index (χ1) is 32.9. The second kappa shape index (κ2) is 21.4. The summed E-state index contributed by atoms with van der Waals surface area (Å²) in [7, 11) is 0. The fourth-order valence-electron chi connectivity index (χ4n) is 8.59. The molecule has 358 valence electrons. The number of nitrogens with zero attached hydrogens (tertiary/aromatic N) is 8. The van der Waals surface area contributed by atoms with Gasteiger partial charge in [-0.05, 0) is 63.1 Å². The molecule has 2 saturated heterocycles. The van der Waals surface area contributed by atoms with Gasteiger partial charge >= 0.3 is 0 Å². The molecule has 0 saturated carbocycles. The average Bonchev–Trinajstić information content (AvgIpc) is 3.80. The molecule has 1 unspecified atom stereocenters. The predicted molar refractivity (Wildman–Crippen MR) is 244 cm³/mol. The third kappa shape index (κ3) is 10.8. The van der Waals surface area contributed by atoms with Crippen molar-refractivity contribution in [2.45, 2.75) is 58.7 Å². The number of benzene rings is 2. The van der Waals surface area contributed by atoms with Crippen LogP contribution in [0.4, 0.5) is 26.2 Å². The number of ether oxygens (including phenoxy) is 3. The zero-order valence-corrected chi connectivity index (χ0v) is 38.1. The van der Waals surface area contributed by atoms with E-state index < -0.39 is 41.3 Å². The molecule has 2 fully saturated rings. The summed E-state index contributed by atoms with van der Waals surface area (Å²) < 4.78 is 48.9. The van der Waals surface area contributed by atoms with Crippen LogP contribution < -0.4 is 16.0 Å². The Balaban J connectivity index is 0.677. The van der Waals surface area contributed by atoms with Gasteiger partial charge in [0, 0.05) is 69.2 Å². The van der Waals surface area contributed by atoms with Crippen molar-refractivity contribution in [2.24, 2.45) is 0 Å². The fraction of sp³-hybridized carbons (Fsp3) is 0.426. The lowest BCUT2D eigenvalue weighted by molar-refractivity contribution is -0.136. The van der Waals surface area contributed by atoms with E-state index >= 15 is 8.78 Å². The van der Waals surface area contributed by atoms with E-state index in [1.807, 2.05) is 29.4 Å². The molecule has 68 heavy (non-hydrogen) atoms. The Morgan fingerprint density at radius 1 is 0.868 bits per heavy atom. The Bertz CT molecular complexity index is 2690. The highest BCUT2D eigenvalue weighted by atomic mass is 19.1. The number of carbonyl (C=O) groups excluding carboxylic acids is 5. The summed E-state index contributed by atoms with van der Waals surface area (Å²) in [6.45, 7) is 11.3. The number of aromatic nitrogens is 5. The highest BCUT2D eigenvalue weighted by Crippen LogP contribution is 2.33. The molecule has 0 aliphatic carbocycles. The lowest BCUT2D eigenvalue weighted by Crippen LogP contribution is -2.54. The van der Waals surface area contributed by atoms with Gasteiger partial charge in [0.15, 0.2) is 11.6 Å². The fourth-order valence-corrected chi connectivity index (χ4v) is 8.59. The van der Waals surface area contributed by atoms with Crippen molar-refractivity contribution in [2.75, 3.05) is 83.0 Å². The number of piperazine rings is 1. The van der Waals surface area contributed by atoms with Crippen LogP contribution in [-0.2, 0) is 35.1 Å². The number of pyridine rings is 1. The Morgan fingerprint density at radius 3 is 2.34 bits per heavy atom. The molecule has 8 rings (SSSR count). The first-order valence-electron chi connectivity index (χ1n) is 22.6. The molecule has 0 bridgehead atoms. The molecule has 3 aliphatic rings. The van der Waals surface area contributed by atoms with Crippen LogP contribution in [0.25, 0.3) is 22.3 Å². The van der Waals surface area contributed by atoms with Gasteiger partial charge in [0.2, 0.25) is 23.7 Å². The lowest BCUT2D eigenvalue weighted by Gasteiger charge is -2.34. The smallest absolute Gasteiger partial charge is 0.264 e. The quantitative estimate of drug-likeness (QED) is 0.0729. The second-order valence-corrected chi connectivity index (χ2v) is 16.9. The van der Waals surface area contributed by atoms with Gasteiger partial charge in [-0.1, -0.05) is 12.1 Å². The van der Waals surface area contributed by atoms with E-state index in [1.165, 1.54) is 6.07 Å². The van der Waals surface area contributed by atoms with Crippen molar-refractivity contribution < 1.29 is 47.0 Å². The monoisotopic (exact) mass is 937 g/mol. The summed E-state index contributed by atoms with van der Waals surface area (Å²) >= 11 is 0. The molecular formula is C47H53F2N11O8. The lowest BCUT2D eigenvalue weighted by atomic mass is 10.0. The van der Waals surface area contributed by atoms with Crippen molar-refractivity contribution in [3.05, 3.63) is 89.0 Å². The van der Waals surface area contributed by atoms with Gasteiger partial charge in [-0.3, -0.25) is 39.1 Å². The zero-order valence-electron chi connectivity index (χ0n) is 38.1. The van der Waals surface area contributed by atoms with Gasteiger partial charge in [0.25, 0.3) is 11.8 Å². The Morgan fingerprint density at radius 2 is 1.62 bits per heavy atom. The van der Waals surface area contributed by atoms with Crippen LogP contribution in [0, 0.1) is 18.6 Å². The van der Waals surface area contributed by atoms with Crippen LogP contribution in [0.1, 0.15) is 71.3 Å². The van der Waals surface area contributed by atoms with E-state index in [1.54, 1.807) is 43.5 Å². The molecule has 0 spiro atoms. The number of imidazole rings is 1. The number of hydrogen-bond donors (Lipinski definition) is 3. The van der Waals surface area contributed by atoms with Gasteiger partial charge in [-0.25, -0.2) is 28.7 Å². The van der Waals surface area contributed by atoms with Gasteiger partial charge in [0.1, 0.15) is 28.9 Å². The van der Waals surface area contributed by atoms with Crippen LogP contribution in [0.15, 0.2) is 54.9 Å². The molecular weight excluding hydrogens is 885 g/mol. The van der Waals surface area contributed by atoms with Crippen LogP contribution in [0.2, 0.25) is 0 Å². The third-order valence-corrected chi connectivity index (χ3v) is 11.9. The molecule has 3 aromatic heterocycles. The molecule has 0 radical (unpaired) electrons. The molecule has 5 aromatic rings. The van der Waals surface area contributed by atoms with Gasteiger partial charge < -0.3 is 34.3 Å². The average molecular weight is 938 g/mol. The molecule has 19 nitrogen and oxygen atoms in total. The SMILES string of the molecule is Cc1nc2c(F)cc(-c3nc(Nc4ccc(CN5CCN(C(=O)CCOCCOCCOCCNc6cccc7c6C(=O)N(C6CCC(=O)NC6=O)C7=O)CC5)cn4)ncc3F)cc2n1C(C)C. The summed E-state index contributed by atoms with van der Waals surface area (Å²) in [5.74, 6) is -2.23.